The summed E-state index contributed by atoms with van der Waals surface area (Å²) in [6.07, 6.45) is 8.45. The number of carbonyl (C=O) groups excluding carboxylic acids is 1. The first-order chi connectivity index (χ1) is 10.1. The van der Waals surface area contributed by atoms with Crippen LogP contribution in [0.5, 0.6) is 0 Å². The number of likely N-dealkylation sites (tertiary alicyclic amines) is 1. The Labute approximate surface area is 130 Å². The van der Waals surface area contributed by atoms with Crippen molar-refractivity contribution in [2.75, 3.05) is 32.7 Å². The van der Waals surface area contributed by atoms with Gasteiger partial charge in [-0.2, -0.15) is 0 Å². The number of amides is 1. The molecule has 0 spiro atoms. The highest BCUT2D eigenvalue weighted by molar-refractivity contribution is 5.78. The molecule has 4 heteroatoms. The zero-order chi connectivity index (χ0) is 15.3. The second-order valence-corrected chi connectivity index (χ2v) is 6.88. The molecule has 1 aliphatic carbocycles. The van der Waals surface area contributed by atoms with Crippen LogP contribution in [0.3, 0.4) is 0 Å². The molecule has 1 saturated heterocycles. The summed E-state index contributed by atoms with van der Waals surface area (Å²) in [7, 11) is 0. The molecule has 1 amide bonds. The minimum atomic E-state index is 0.0653. The van der Waals surface area contributed by atoms with Crippen LogP contribution >= 0.6 is 0 Å². The third-order valence-electron chi connectivity index (χ3n) is 5.83. The molecule has 0 aromatic rings. The number of hydrogen-bond donors (Lipinski definition) is 1. The summed E-state index contributed by atoms with van der Waals surface area (Å²) in [6.45, 7) is 8.52. The predicted molar refractivity (Wildman–Crippen MR) is 87.1 cm³/mol. The Morgan fingerprint density at radius 2 is 1.86 bits per heavy atom. The van der Waals surface area contributed by atoms with Gasteiger partial charge in [0, 0.05) is 25.2 Å². The van der Waals surface area contributed by atoms with E-state index in [1.165, 1.54) is 19.3 Å². The maximum Gasteiger partial charge on any atom is 0.236 e. The van der Waals surface area contributed by atoms with E-state index >= 15 is 0 Å². The maximum atomic E-state index is 12.5. The van der Waals surface area contributed by atoms with Crippen molar-refractivity contribution in [3.05, 3.63) is 0 Å². The van der Waals surface area contributed by atoms with Crippen molar-refractivity contribution in [2.24, 2.45) is 11.7 Å². The van der Waals surface area contributed by atoms with Gasteiger partial charge in [-0.25, -0.2) is 0 Å². The Bertz CT molecular complexity index is 331. The Morgan fingerprint density at radius 1 is 1.24 bits per heavy atom. The van der Waals surface area contributed by atoms with E-state index in [1.54, 1.807) is 0 Å². The van der Waals surface area contributed by atoms with Gasteiger partial charge in [0.25, 0.3) is 0 Å². The van der Waals surface area contributed by atoms with Gasteiger partial charge in [-0.3, -0.25) is 9.69 Å². The standard InChI is InChI=1S/C17H33N3O/c1-3-15-7-9-17(14-18,10-8-15)20(4-2)13-16(21)19-11-5-6-12-19/h15H,3-14,18H2,1-2H3. The van der Waals surface area contributed by atoms with Crippen LogP contribution in [0.15, 0.2) is 0 Å². The van der Waals surface area contributed by atoms with E-state index in [1.807, 2.05) is 4.90 Å². The molecule has 2 aliphatic rings. The summed E-state index contributed by atoms with van der Waals surface area (Å²) < 4.78 is 0. The van der Waals surface area contributed by atoms with E-state index in [2.05, 4.69) is 18.7 Å². The SMILES string of the molecule is CCC1CCC(CN)(N(CC)CC(=O)N2CCCC2)CC1. The van der Waals surface area contributed by atoms with Crippen LogP contribution in [0.4, 0.5) is 0 Å². The minimum absolute atomic E-state index is 0.0653. The van der Waals surface area contributed by atoms with Crippen LogP contribution in [0, 0.1) is 5.92 Å². The first-order valence-electron chi connectivity index (χ1n) is 8.88. The number of hydrogen-bond acceptors (Lipinski definition) is 3. The van der Waals surface area contributed by atoms with E-state index in [0.29, 0.717) is 19.0 Å². The summed E-state index contributed by atoms with van der Waals surface area (Å²) in [5.41, 5.74) is 6.23. The third kappa shape index (κ3) is 3.78. The van der Waals surface area contributed by atoms with Crippen molar-refractivity contribution in [2.45, 2.75) is 64.3 Å². The number of likely N-dealkylation sites (N-methyl/N-ethyl adjacent to an activating group) is 1. The topological polar surface area (TPSA) is 49.6 Å². The lowest BCUT2D eigenvalue weighted by Crippen LogP contribution is -2.58. The molecule has 1 saturated carbocycles. The fraction of sp³-hybridized carbons (Fsp3) is 0.941. The number of nitrogens with zero attached hydrogens (tertiary/aromatic N) is 2. The molecule has 1 heterocycles. The lowest BCUT2D eigenvalue weighted by Gasteiger charge is -2.47. The lowest BCUT2D eigenvalue weighted by atomic mass is 9.74. The molecule has 0 bridgehead atoms. The van der Waals surface area contributed by atoms with Gasteiger partial charge >= 0.3 is 0 Å². The summed E-state index contributed by atoms with van der Waals surface area (Å²) in [6, 6.07) is 0. The van der Waals surface area contributed by atoms with Crippen LogP contribution in [0.1, 0.15) is 58.8 Å². The zero-order valence-corrected chi connectivity index (χ0v) is 13.9. The summed E-state index contributed by atoms with van der Waals surface area (Å²) in [4.78, 5) is 16.9. The van der Waals surface area contributed by atoms with E-state index in [0.717, 1.165) is 51.2 Å². The fourth-order valence-electron chi connectivity index (χ4n) is 4.12. The van der Waals surface area contributed by atoms with E-state index in [4.69, 9.17) is 5.73 Å². The molecule has 0 aromatic carbocycles. The monoisotopic (exact) mass is 295 g/mol. The maximum absolute atomic E-state index is 12.5. The Kier molecular flexibility index (Phi) is 6.06. The highest BCUT2D eigenvalue weighted by Crippen LogP contribution is 2.37. The Morgan fingerprint density at radius 3 is 2.33 bits per heavy atom. The summed E-state index contributed by atoms with van der Waals surface area (Å²) in [5.74, 6) is 1.16. The van der Waals surface area contributed by atoms with Crippen molar-refractivity contribution in [3.63, 3.8) is 0 Å². The molecule has 0 aromatic heterocycles. The van der Waals surface area contributed by atoms with E-state index < -0.39 is 0 Å². The fourth-order valence-corrected chi connectivity index (χ4v) is 4.12. The molecule has 4 nitrogen and oxygen atoms in total. The smallest absolute Gasteiger partial charge is 0.236 e. The largest absolute Gasteiger partial charge is 0.342 e. The average molecular weight is 295 g/mol. The molecule has 2 rings (SSSR count). The van der Waals surface area contributed by atoms with Gasteiger partial charge in [0.2, 0.25) is 5.91 Å². The number of nitrogens with two attached hydrogens (primary N) is 1. The molecule has 1 aliphatic heterocycles. The highest BCUT2D eigenvalue weighted by atomic mass is 16.2. The number of rotatable bonds is 6. The molecular weight excluding hydrogens is 262 g/mol. The zero-order valence-electron chi connectivity index (χ0n) is 13.9. The average Bonchev–Trinajstić information content (AvgIpc) is 3.07. The van der Waals surface area contributed by atoms with Crippen LogP contribution in [0.2, 0.25) is 0 Å². The van der Waals surface area contributed by atoms with Crippen molar-refractivity contribution in [1.82, 2.24) is 9.80 Å². The van der Waals surface area contributed by atoms with Crippen molar-refractivity contribution in [3.8, 4) is 0 Å². The van der Waals surface area contributed by atoms with Crippen molar-refractivity contribution in [1.29, 1.82) is 0 Å². The van der Waals surface area contributed by atoms with Gasteiger partial charge in [0.1, 0.15) is 0 Å². The van der Waals surface area contributed by atoms with Gasteiger partial charge in [-0.05, 0) is 51.0 Å². The van der Waals surface area contributed by atoms with Gasteiger partial charge < -0.3 is 10.6 Å². The lowest BCUT2D eigenvalue weighted by molar-refractivity contribution is -0.133. The molecule has 0 unspecified atom stereocenters. The second-order valence-electron chi connectivity index (χ2n) is 6.88. The Balaban J connectivity index is 1.98. The van der Waals surface area contributed by atoms with Crippen LogP contribution in [-0.4, -0.2) is 54.0 Å². The van der Waals surface area contributed by atoms with Crippen molar-refractivity contribution >= 4 is 5.91 Å². The second kappa shape index (κ2) is 7.59. The van der Waals surface area contributed by atoms with Crippen LogP contribution in [0.25, 0.3) is 0 Å². The molecule has 21 heavy (non-hydrogen) atoms. The molecular formula is C17H33N3O. The molecule has 2 N–H and O–H groups in total. The normalized spacial score (nSPS) is 30.1. The van der Waals surface area contributed by atoms with Gasteiger partial charge in [-0.1, -0.05) is 20.3 Å². The van der Waals surface area contributed by atoms with Crippen LogP contribution < -0.4 is 5.73 Å². The number of carbonyl (C=O) groups is 1. The first-order valence-corrected chi connectivity index (χ1v) is 8.88. The molecule has 2 fully saturated rings. The molecule has 0 atom stereocenters. The van der Waals surface area contributed by atoms with Gasteiger partial charge in [0.15, 0.2) is 0 Å². The summed E-state index contributed by atoms with van der Waals surface area (Å²) in [5, 5.41) is 0. The van der Waals surface area contributed by atoms with Gasteiger partial charge in [-0.15, -0.1) is 0 Å². The minimum Gasteiger partial charge on any atom is -0.342 e. The third-order valence-corrected chi connectivity index (χ3v) is 5.83. The predicted octanol–water partition coefficient (Wildman–Crippen LogP) is 2.23. The summed E-state index contributed by atoms with van der Waals surface area (Å²) >= 11 is 0. The van der Waals surface area contributed by atoms with E-state index in [-0.39, 0.29) is 5.54 Å². The molecule has 122 valence electrons. The van der Waals surface area contributed by atoms with E-state index in [9.17, 15) is 4.79 Å². The van der Waals surface area contributed by atoms with Crippen molar-refractivity contribution < 1.29 is 4.79 Å². The first kappa shape index (κ1) is 16.8. The highest BCUT2D eigenvalue weighted by Gasteiger charge is 2.39. The van der Waals surface area contributed by atoms with Gasteiger partial charge in [0.05, 0.1) is 6.54 Å². The quantitative estimate of drug-likeness (QED) is 0.817. The Hall–Kier alpha value is -0.610. The molecule has 0 radical (unpaired) electrons. The van der Waals surface area contributed by atoms with Crippen LogP contribution in [-0.2, 0) is 4.79 Å².